The van der Waals surface area contributed by atoms with Crippen molar-refractivity contribution >= 4 is 0 Å². The summed E-state index contributed by atoms with van der Waals surface area (Å²) in [5.74, 6) is -0.676. The van der Waals surface area contributed by atoms with Crippen LogP contribution in [-0.2, 0) is 26.4 Å². The number of aliphatic hydroxyl groups is 4. The topological polar surface area (TPSA) is 121 Å². The minimum atomic E-state index is -0.438. The second-order valence-electron chi connectivity index (χ2n) is 4.82. The van der Waals surface area contributed by atoms with Crippen LogP contribution in [0, 0.1) is 0 Å². The van der Waals surface area contributed by atoms with E-state index in [1.807, 2.05) is 0 Å². The SMILES string of the molecule is OCc1cc(-c2cccc(O)c2O)c(CO)c(CO)c1CO. The summed E-state index contributed by atoms with van der Waals surface area (Å²) in [6, 6.07) is 5.91. The van der Waals surface area contributed by atoms with Crippen molar-refractivity contribution in [3.05, 3.63) is 46.5 Å². The van der Waals surface area contributed by atoms with Crippen molar-refractivity contribution in [2.75, 3.05) is 0 Å². The highest BCUT2D eigenvalue weighted by molar-refractivity contribution is 5.77. The van der Waals surface area contributed by atoms with Crippen molar-refractivity contribution < 1.29 is 30.6 Å². The van der Waals surface area contributed by atoms with E-state index in [-0.39, 0.29) is 23.7 Å². The fourth-order valence-electron chi connectivity index (χ4n) is 2.59. The highest BCUT2D eigenvalue weighted by Gasteiger charge is 2.19. The largest absolute Gasteiger partial charge is 0.504 e. The van der Waals surface area contributed by atoms with E-state index in [1.54, 1.807) is 6.07 Å². The van der Waals surface area contributed by atoms with Gasteiger partial charge in [-0.15, -0.1) is 0 Å². The van der Waals surface area contributed by atoms with Gasteiger partial charge in [0.25, 0.3) is 0 Å². The van der Waals surface area contributed by atoms with E-state index in [9.17, 15) is 30.6 Å². The summed E-state index contributed by atoms with van der Waals surface area (Å²) < 4.78 is 0. The molecule has 0 heterocycles. The first-order chi connectivity index (χ1) is 10.6. The molecule has 0 bridgehead atoms. The molecule has 22 heavy (non-hydrogen) atoms. The van der Waals surface area contributed by atoms with Crippen LogP contribution in [0.15, 0.2) is 24.3 Å². The zero-order valence-electron chi connectivity index (χ0n) is 11.8. The Bertz CT molecular complexity index is 681. The van der Waals surface area contributed by atoms with E-state index in [2.05, 4.69) is 0 Å². The Labute approximate surface area is 127 Å². The Balaban J connectivity index is 2.83. The van der Waals surface area contributed by atoms with Crippen LogP contribution in [0.3, 0.4) is 0 Å². The lowest BCUT2D eigenvalue weighted by Gasteiger charge is -2.19. The van der Waals surface area contributed by atoms with Crippen molar-refractivity contribution in [1.82, 2.24) is 0 Å². The molecule has 6 N–H and O–H groups in total. The maximum atomic E-state index is 10.0. The highest BCUT2D eigenvalue weighted by Crippen LogP contribution is 2.40. The number of benzene rings is 2. The number of rotatable bonds is 5. The Kier molecular flexibility index (Phi) is 4.99. The maximum Gasteiger partial charge on any atom is 0.165 e. The first kappa shape index (κ1) is 16.3. The number of phenolic OH excluding ortho intramolecular Hbond substituents is 2. The van der Waals surface area contributed by atoms with Gasteiger partial charge in [-0.2, -0.15) is 0 Å². The van der Waals surface area contributed by atoms with Gasteiger partial charge in [0.15, 0.2) is 11.5 Å². The van der Waals surface area contributed by atoms with E-state index < -0.39 is 19.8 Å². The zero-order valence-corrected chi connectivity index (χ0v) is 11.8. The van der Waals surface area contributed by atoms with Crippen molar-refractivity contribution in [3.8, 4) is 22.6 Å². The van der Waals surface area contributed by atoms with Crippen molar-refractivity contribution in [1.29, 1.82) is 0 Å². The molecule has 6 nitrogen and oxygen atoms in total. The third-order valence-electron chi connectivity index (χ3n) is 3.71. The third kappa shape index (κ3) is 2.65. The number of aromatic hydroxyl groups is 2. The van der Waals surface area contributed by atoms with Gasteiger partial charge in [0, 0.05) is 5.56 Å². The number of hydrogen-bond acceptors (Lipinski definition) is 6. The van der Waals surface area contributed by atoms with Crippen LogP contribution < -0.4 is 0 Å². The van der Waals surface area contributed by atoms with Crippen LogP contribution in [0.5, 0.6) is 11.5 Å². The molecule has 2 rings (SSSR count). The Morgan fingerprint density at radius 1 is 0.682 bits per heavy atom. The lowest BCUT2D eigenvalue weighted by molar-refractivity contribution is 0.240. The van der Waals surface area contributed by atoms with Gasteiger partial charge in [-0.05, 0) is 39.9 Å². The molecule has 0 aliphatic carbocycles. The molecule has 0 unspecified atom stereocenters. The molecule has 0 saturated heterocycles. The second-order valence-corrected chi connectivity index (χ2v) is 4.82. The van der Waals surface area contributed by atoms with Crippen LogP contribution >= 0.6 is 0 Å². The molecule has 0 saturated carbocycles. The molecule has 0 aromatic heterocycles. The molecule has 2 aromatic carbocycles. The van der Waals surface area contributed by atoms with Gasteiger partial charge in [0.1, 0.15) is 0 Å². The van der Waals surface area contributed by atoms with Crippen LogP contribution in [0.25, 0.3) is 11.1 Å². The average Bonchev–Trinajstić information content (AvgIpc) is 2.55. The molecule has 0 amide bonds. The lowest BCUT2D eigenvalue weighted by Crippen LogP contribution is -2.07. The van der Waals surface area contributed by atoms with E-state index >= 15 is 0 Å². The van der Waals surface area contributed by atoms with Gasteiger partial charge >= 0.3 is 0 Å². The van der Waals surface area contributed by atoms with E-state index in [0.29, 0.717) is 27.8 Å². The summed E-state index contributed by atoms with van der Waals surface area (Å²) in [5, 5.41) is 57.8. The molecule has 0 radical (unpaired) electrons. The minimum absolute atomic E-state index is 0.262. The van der Waals surface area contributed by atoms with E-state index in [4.69, 9.17) is 0 Å². The van der Waals surface area contributed by atoms with Crippen LogP contribution in [0.1, 0.15) is 22.3 Å². The Morgan fingerprint density at radius 2 is 1.32 bits per heavy atom. The van der Waals surface area contributed by atoms with Crippen LogP contribution in [-0.4, -0.2) is 30.6 Å². The average molecular weight is 306 g/mol. The van der Waals surface area contributed by atoms with Gasteiger partial charge < -0.3 is 30.6 Å². The molecule has 0 atom stereocenters. The number of para-hydroxylation sites is 1. The monoisotopic (exact) mass is 306 g/mol. The van der Waals surface area contributed by atoms with Gasteiger partial charge in [0.05, 0.1) is 26.4 Å². The summed E-state index contributed by atoms with van der Waals surface area (Å²) in [6.45, 7) is -1.64. The first-order valence-corrected chi connectivity index (χ1v) is 6.70. The van der Waals surface area contributed by atoms with Gasteiger partial charge in [-0.25, -0.2) is 0 Å². The molecule has 0 fully saturated rings. The van der Waals surface area contributed by atoms with Gasteiger partial charge in [-0.1, -0.05) is 12.1 Å². The number of hydrogen-bond donors (Lipinski definition) is 6. The molecule has 0 aliphatic rings. The van der Waals surface area contributed by atoms with Crippen molar-refractivity contribution in [2.45, 2.75) is 26.4 Å². The summed E-state index contributed by atoms with van der Waals surface area (Å²) in [5.41, 5.74) is 1.98. The molecule has 2 aromatic rings. The quantitative estimate of drug-likeness (QED) is 0.453. The predicted octanol–water partition coefficient (Wildman–Crippen LogP) is 0.734. The first-order valence-electron chi connectivity index (χ1n) is 6.70. The van der Waals surface area contributed by atoms with E-state index in [0.717, 1.165) is 0 Å². The molecular weight excluding hydrogens is 288 g/mol. The number of aliphatic hydroxyl groups excluding tert-OH is 4. The van der Waals surface area contributed by atoms with E-state index in [1.165, 1.54) is 18.2 Å². The standard InChI is InChI=1S/C16H18O6/c17-5-9-4-11(10-2-1-3-15(21)16(10)22)13(7-19)14(8-20)12(9)6-18/h1-4,17-22H,5-8H2. The fourth-order valence-corrected chi connectivity index (χ4v) is 2.59. The molecule has 6 heteroatoms. The second kappa shape index (κ2) is 6.76. The molecular formula is C16H18O6. The summed E-state index contributed by atoms with van der Waals surface area (Å²) in [4.78, 5) is 0. The van der Waals surface area contributed by atoms with Gasteiger partial charge in [0.2, 0.25) is 0 Å². The van der Waals surface area contributed by atoms with Crippen LogP contribution in [0.2, 0.25) is 0 Å². The summed E-state index contributed by atoms with van der Waals surface area (Å²) in [7, 11) is 0. The third-order valence-corrected chi connectivity index (χ3v) is 3.71. The minimum Gasteiger partial charge on any atom is -0.504 e. The Hall–Kier alpha value is -2.12. The molecule has 0 aliphatic heterocycles. The summed E-state index contributed by atoms with van der Waals surface area (Å²) in [6.07, 6.45) is 0. The van der Waals surface area contributed by atoms with Crippen molar-refractivity contribution in [3.63, 3.8) is 0 Å². The zero-order chi connectivity index (χ0) is 16.3. The normalized spacial score (nSPS) is 10.9. The smallest absolute Gasteiger partial charge is 0.165 e. The molecule has 0 spiro atoms. The lowest BCUT2D eigenvalue weighted by atomic mass is 9.88. The maximum absolute atomic E-state index is 10.0. The van der Waals surface area contributed by atoms with Gasteiger partial charge in [-0.3, -0.25) is 0 Å². The summed E-state index contributed by atoms with van der Waals surface area (Å²) >= 11 is 0. The van der Waals surface area contributed by atoms with Crippen molar-refractivity contribution in [2.24, 2.45) is 0 Å². The molecule has 118 valence electrons. The predicted molar refractivity (Wildman–Crippen MR) is 78.9 cm³/mol. The fraction of sp³-hybridized carbons (Fsp3) is 0.250. The highest BCUT2D eigenvalue weighted by atomic mass is 16.3. The number of phenols is 2. The Morgan fingerprint density at radius 3 is 1.86 bits per heavy atom. The van der Waals surface area contributed by atoms with Crippen LogP contribution in [0.4, 0.5) is 0 Å².